The third-order valence-electron chi connectivity index (χ3n) is 2.51. The highest BCUT2D eigenvalue weighted by Crippen LogP contribution is 2.19. The minimum Gasteiger partial charge on any atom is -0.545 e. The fourth-order valence-electron chi connectivity index (χ4n) is 1.54. The highest BCUT2D eigenvalue weighted by Gasteiger charge is 1.98. The number of aromatic carboxylic acids is 1. The van der Waals surface area contributed by atoms with Gasteiger partial charge in [0.1, 0.15) is 0 Å². The summed E-state index contributed by atoms with van der Waals surface area (Å²) in [5.41, 5.74) is 3.49. The van der Waals surface area contributed by atoms with Crippen molar-refractivity contribution in [2.45, 2.75) is 34.6 Å². The van der Waals surface area contributed by atoms with E-state index in [1.54, 1.807) is 24.3 Å². The zero-order valence-electron chi connectivity index (χ0n) is 12.9. The zero-order chi connectivity index (χ0) is 15.5. The predicted molar refractivity (Wildman–Crippen MR) is 83.6 cm³/mol. The van der Waals surface area contributed by atoms with Gasteiger partial charge >= 0.3 is 0 Å². The Morgan fingerprint density at radius 1 is 0.750 bits per heavy atom. The Labute approximate surface area is 122 Å². The fraction of sp³-hybridized carbons (Fsp3) is 0.278. The summed E-state index contributed by atoms with van der Waals surface area (Å²) in [6, 6.07) is 14.8. The second-order valence-corrected chi connectivity index (χ2v) is 3.73. The second-order valence-electron chi connectivity index (χ2n) is 3.73. The van der Waals surface area contributed by atoms with Crippen molar-refractivity contribution in [1.29, 1.82) is 0 Å². The van der Waals surface area contributed by atoms with Gasteiger partial charge in [0.05, 0.1) is 5.97 Å². The van der Waals surface area contributed by atoms with Gasteiger partial charge in [-0.05, 0) is 23.6 Å². The van der Waals surface area contributed by atoms with Crippen LogP contribution in [-0.2, 0) is 0 Å². The quantitative estimate of drug-likeness (QED) is 0.825. The Bertz CT molecular complexity index is 496. The van der Waals surface area contributed by atoms with E-state index in [4.69, 9.17) is 0 Å². The molecule has 0 bridgehead atoms. The van der Waals surface area contributed by atoms with Crippen LogP contribution in [0.2, 0.25) is 0 Å². The molecule has 2 aromatic carbocycles. The van der Waals surface area contributed by atoms with E-state index < -0.39 is 5.97 Å². The van der Waals surface area contributed by atoms with E-state index >= 15 is 0 Å². The number of carboxylic acid groups (broad SMARTS) is 1. The molecule has 20 heavy (non-hydrogen) atoms. The maximum absolute atomic E-state index is 10.6. The van der Waals surface area contributed by atoms with Crippen molar-refractivity contribution in [3.63, 3.8) is 0 Å². The number of hydrogen-bond donors (Lipinski definition) is 0. The van der Waals surface area contributed by atoms with Crippen LogP contribution in [0.1, 0.15) is 43.6 Å². The van der Waals surface area contributed by atoms with Crippen molar-refractivity contribution in [3.8, 4) is 11.1 Å². The average Bonchev–Trinajstić information content (AvgIpc) is 2.52. The first kappa shape index (κ1) is 17.9. The normalized spacial score (nSPS) is 8.65. The molecule has 0 unspecified atom stereocenters. The molecule has 2 rings (SSSR count). The molecule has 0 spiro atoms. The van der Waals surface area contributed by atoms with E-state index in [1.807, 2.05) is 58.9 Å². The Hall–Kier alpha value is -2.09. The maximum Gasteiger partial charge on any atom is 0.0715 e. The van der Waals surface area contributed by atoms with Gasteiger partial charge in [0.15, 0.2) is 0 Å². The van der Waals surface area contributed by atoms with Gasteiger partial charge in [-0.25, -0.2) is 0 Å². The molecule has 0 N–H and O–H groups in total. The molecule has 0 heterocycles. The number of carbonyl (C=O) groups excluding carboxylic acids is 1. The highest BCUT2D eigenvalue weighted by atomic mass is 16.4. The number of carboxylic acids is 1. The molecule has 0 atom stereocenters. The minimum atomic E-state index is -1.14. The SMILES string of the molecule is CC.CC.Cc1ccc(-c2ccc(C(=O)[O-])cc2)cc1. The molecule has 0 aliphatic carbocycles. The first-order chi connectivity index (χ1) is 9.66. The summed E-state index contributed by atoms with van der Waals surface area (Å²) < 4.78 is 0. The predicted octanol–water partition coefficient (Wildman–Crippen LogP) is 4.08. The van der Waals surface area contributed by atoms with E-state index in [2.05, 4.69) is 0 Å². The lowest BCUT2D eigenvalue weighted by Gasteiger charge is -2.05. The molecule has 0 amide bonds. The molecule has 0 aliphatic rings. The lowest BCUT2D eigenvalue weighted by atomic mass is 10.0. The summed E-state index contributed by atoms with van der Waals surface area (Å²) in [4.78, 5) is 10.6. The van der Waals surface area contributed by atoms with Crippen LogP contribution in [0.4, 0.5) is 0 Å². The lowest BCUT2D eigenvalue weighted by Crippen LogP contribution is -2.21. The lowest BCUT2D eigenvalue weighted by molar-refractivity contribution is -0.255. The van der Waals surface area contributed by atoms with Gasteiger partial charge < -0.3 is 9.90 Å². The maximum atomic E-state index is 10.6. The van der Waals surface area contributed by atoms with E-state index in [-0.39, 0.29) is 5.56 Å². The Balaban J connectivity index is 0.000000829. The van der Waals surface area contributed by atoms with Crippen molar-refractivity contribution >= 4 is 5.97 Å². The first-order valence-corrected chi connectivity index (χ1v) is 7.05. The Morgan fingerprint density at radius 3 is 1.45 bits per heavy atom. The summed E-state index contributed by atoms with van der Waals surface area (Å²) in [7, 11) is 0. The van der Waals surface area contributed by atoms with E-state index in [0.29, 0.717) is 0 Å². The summed E-state index contributed by atoms with van der Waals surface area (Å²) in [6.07, 6.45) is 0. The second kappa shape index (κ2) is 9.79. The number of aryl methyl sites for hydroxylation is 1. The first-order valence-electron chi connectivity index (χ1n) is 7.05. The van der Waals surface area contributed by atoms with Crippen molar-refractivity contribution in [1.82, 2.24) is 0 Å². The number of benzene rings is 2. The van der Waals surface area contributed by atoms with Gasteiger partial charge in [-0.1, -0.05) is 81.8 Å². The summed E-state index contributed by atoms with van der Waals surface area (Å²) in [5.74, 6) is -1.14. The third kappa shape index (κ3) is 5.27. The molecule has 0 radical (unpaired) electrons. The molecule has 0 saturated heterocycles. The standard InChI is InChI=1S/C14H12O2.2C2H6/c1-10-2-4-11(5-3-10)12-6-8-13(9-7-12)14(15)16;2*1-2/h2-9H,1H3,(H,15,16);2*1-2H3/p-1. The zero-order valence-corrected chi connectivity index (χ0v) is 12.9. The molecular formula is C18H23O2-. The minimum absolute atomic E-state index is 0.205. The molecule has 2 aromatic rings. The molecule has 0 fully saturated rings. The monoisotopic (exact) mass is 271 g/mol. The molecule has 0 saturated carbocycles. The van der Waals surface area contributed by atoms with E-state index in [0.717, 1.165) is 11.1 Å². The topological polar surface area (TPSA) is 40.1 Å². The van der Waals surface area contributed by atoms with Gasteiger partial charge in [-0.3, -0.25) is 0 Å². The average molecular weight is 271 g/mol. The summed E-state index contributed by atoms with van der Waals surface area (Å²) >= 11 is 0. The Kier molecular flexibility index (Phi) is 8.77. The van der Waals surface area contributed by atoms with Crippen LogP contribution in [0.15, 0.2) is 48.5 Å². The van der Waals surface area contributed by atoms with Crippen LogP contribution in [0.25, 0.3) is 11.1 Å². The number of hydrogen-bond acceptors (Lipinski definition) is 2. The van der Waals surface area contributed by atoms with Gasteiger partial charge in [0, 0.05) is 0 Å². The molecule has 108 valence electrons. The van der Waals surface area contributed by atoms with Crippen molar-refractivity contribution < 1.29 is 9.90 Å². The van der Waals surface area contributed by atoms with Crippen LogP contribution in [0.5, 0.6) is 0 Å². The van der Waals surface area contributed by atoms with Gasteiger partial charge in [-0.2, -0.15) is 0 Å². The smallest absolute Gasteiger partial charge is 0.0715 e. The van der Waals surface area contributed by atoms with E-state index in [9.17, 15) is 9.90 Å². The van der Waals surface area contributed by atoms with E-state index in [1.165, 1.54) is 5.56 Å². The molecule has 2 heteroatoms. The highest BCUT2D eigenvalue weighted by molar-refractivity contribution is 5.86. The largest absolute Gasteiger partial charge is 0.545 e. The van der Waals surface area contributed by atoms with Gasteiger partial charge in [-0.15, -0.1) is 0 Å². The van der Waals surface area contributed by atoms with Gasteiger partial charge in [0.2, 0.25) is 0 Å². The van der Waals surface area contributed by atoms with Crippen molar-refractivity contribution in [2.75, 3.05) is 0 Å². The number of rotatable bonds is 2. The van der Waals surface area contributed by atoms with Crippen LogP contribution in [-0.4, -0.2) is 5.97 Å². The molecular weight excluding hydrogens is 248 g/mol. The fourth-order valence-corrected chi connectivity index (χ4v) is 1.54. The summed E-state index contributed by atoms with van der Waals surface area (Å²) in [6.45, 7) is 10.0. The van der Waals surface area contributed by atoms with Crippen molar-refractivity contribution in [3.05, 3.63) is 59.7 Å². The molecule has 0 aliphatic heterocycles. The number of carbonyl (C=O) groups is 1. The van der Waals surface area contributed by atoms with Crippen LogP contribution in [0.3, 0.4) is 0 Å². The summed E-state index contributed by atoms with van der Waals surface area (Å²) in [5, 5.41) is 10.6. The van der Waals surface area contributed by atoms with Crippen LogP contribution in [0, 0.1) is 6.92 Å². The Morgan fingerprint density at radius 2 is 1.10 bits per heavy atom. The molecule has 0 aromatic heterocycles. The van der Waals surface area contributed by atoms with Crippen LogP contribution < -0.4 is 5.11 Å². The van der Waals surface area contributed by atoms with Crippen molar-refractivity contribution in [2.24, 2.45) is 0 Å². The molecule has 2 nitrogen and oxygen atoms in total. The van der Waals surface area contributed by atoms with Gasteiger partial charge in [0.25, 0.3) is 0 Å². The van der Waals surface area contributed by atoms with Crippen LogP contribution >= 0.6 is 0 Å². The third-order valence-corrected chi connectivity index (χ3v) is 2.51.